The zero-order valence-electron chi connectivity index (χ0n) is 19.1. The van der Waals surface area contributed by atoms with Gasteiger partial charge in [-0.2, -0.15) is 0 Å². The van der Waals surface area contributed by atoms with E-state index in [-0.39, 0.29) is 5.92 Å². The summed E-state index contributed by atoms with van der Waals surface area (Å²) in [5.74, 6) is 0.644. The number of ether oxygens (including phenoxy) is 2. The molecule has 1 fully saturated rings. The molecule has 1 aliphatic heterocycles. The zero-order chi connectivity index (χ0) is 23.1. The lowest BCUT2D eigenvalue weighted by Gasteiger charge is -2.41. The van der Waals surface area contributed by atoms with Gasteiger partial charge in [0.25, 0.3) is 0 Å². The van der Waals surface area contributed by atoms with E-state index < -0.39 is 5.60 Å². The number of benzene rings is 3. The average Bonchev–Trinajstić information content (AvgIpc) is 2.85. The van der Waals surface area contributed by atoms with Crippen LogP contribution in [0, 0.1) is 0 Å². The van der Waals surface area contributed by atoms with Crippen LogP contribution in [0.3, 0.4) is 0 Å². The fraction of sp³-hybridized carbons (Fsp3) is 0.357. The summed E-state index contributed by atoms with van der Waals surface area (Å²) in [4.78, 5) is 2.38. The van der Waals surface area contributed by atoms with Gasteiger partial charge in [-0.3, -0.25) is 4.90 Å². The van der Waals surface area contributed by atoms with E-state index in [9.17, 15) is 5.11 Å². The molecule has 0 saturated carbocycles. The van der Waals surface area contributed by atoms with Crippen molar-refractivity contribution < 1.29 is 14.6 Å². The molecular formula is C28H32ClNO3. The third kappa shape index (κ3) is 5.96. The SMILES string of the molecule is CCOc1ccc([C@@](O)(Cc2ccccc2)[C@H](CN2CCOCC2)c2ccc(Cl)cc2)cc1. The van der Waals surface area contributed by atoms with Gasteiger partial charge in [-0.05, 0) is 47.9 Å². The molecule has 0 amide bonds. The molecule has 33 heavy (non-hydrogen) atoms. The number of aliphatic hydroxyl groups is 1. The van der Waals surface area contributed by atoms with Gasteiger partial charge < -0.3 is 14.6 Å². The lowest BCUT2D eigenvalue weighted by molar-refractivity contribution is -0.0223. The molecule has 1 saturated heterocycles. The summed E-state index contributed by atoms with van der Waals surface area (Å²) in [5.41, 5.74) is 1.91. The normalized spacial score (nSPS) is 17.3. The second kappa shape index (κ2) is 11.2. The van der Waals surface area contributed by atoms with Crippen molar-refractivity contribution in [3.63, 3.8) is 0 Å². The van der Waals surface area contributed by atoms with Crippen LogP contribution in [0.1, 0.15) is 29.5 Å². The van der Waals surface area contributed by atoms with Gasteiger partial charge in [0, 0.05) is 37.0 Å². The molecule has 1 aliphatic rings. The molecule has 1 heterocycles. The van der Waals surface area contributed by atoms with Crippen molar-refractivity contribution in [1.29, 1.82) is 0 Å². The molecule has 4 nitrogen and oxygen atoms in total. The second-order valence-electron chi connectivity index (χ2n) is 8.56. The van der Waals surface area contributed by atoms with E-state index in [4.69, 9.17) is 21.1 Å². The maximum atomic E-state index is 12.5. The number of nitrogens with zero attached hydrogens (tertiary/aromatic N) is 1. The van der Waals surface area contributed by atoms with E-state index in [1.54, 1.807) is 0 Å². The Morgan fingerprint density at radius 3 is 2.27 bits per heavy atom. The van der Waals surface area contributed by atoms with E-state index >= 15 is 0 Å². The van der Waals surface area contributed by atoms with Crippen LogP contribution in [0.4, 0.5) is 0 Å². The van der Waals surface area contributed by atoms with Crippen molar-refractivity contribution in [2.75, 3.05) is 39.5 Å². The highest BCUT2D eigenvalue weighted by molar-refractivity contribution is 6.30. The molecule has 4 rings (SSSR count). The molecule has 3 aromatic carbocycles. The fourth-order valence-electron chi connectivity index (χ4n) is 4.61. The first kappa shape index (κ1) is 23.8. The van der Waals surface area contributed by atoms with Gasteiger partial charge in [-0.25, -0.2) is 0 Å². The molecule has 0 radical (unpaired) electrons. The first-order valence-electron chi connectivity index (χ1n) is 11.6. The third-order valence-corrected chi connectivity index (χ3v) is 6.63. The minimum atomic E-state index is -1.13. The highest BCUT2D eigenvalue weighted by Crippen LogP contribution is 2.41. The average molecular weight is 466 g/mol. The predicted octanol–water partition coefficient (Wildman–Crippen LogP) is 5.29. The molecule has 0 unspecified atom stereocenters. The minimum absolute atomic E-state index is 0.161. The van der Waals surface area contributed by atoms with Gasteiger partial charge in [0.05, 0.1) is 19.8 Å². The maximum Gasteiger partial charge on any atom is 0.119 e. The van der Waals surface area contributed by atoms with E-state index in [1.165, 1.54) is 0 Å². The van der Waals surface area contributed by atoms with Crippen molar-refractivity contribution >= 4 is 11.6 Å². The molecule has 5 heteroatoms. The lowest BCUT2D eigenvalue weighted by Crippen LogP contribution is -2.45. The summed E-state index contributed by atoms with van der Waals surface area (Å²) in [6.45, 7) is 6.45. The van der Waals surface area contributed by atoms with E-state index in [1.807, 2.05) is 73.7 Å². The van der Waals surface area contributed by atoms with Gasteiger partial charge in [0.1, 0.15) is 11.4 Å². The summed E-state index contributed by atoms with van der Waals surface area (Å²) >= 11 is 6.21. The van der Waals surface area contributed by atoms with E-state index in [0.29, 0.717) is 31.3 Å². The molecule has 2 atom stereocenters. The van der Waals surface area contributed by atoms with Crippen LogP contribution in [-0.4, -0.2) is 49.5 Å². The zero-order valence-corrected chi connectivity index (χ0v) is 19.9. The monoisotopic (exact) mass is 465 g/mol. The van der Waals surface area contributed by atoms with Crippen molar-refractivity contribution in [2.24, 2.45) is 0 Å². The van der Waals surface area contributed by atoms with Crippen LogP contribution in [0.25, 0.3) is 0 Å². The van der Waals surface area contributed by atoms with Crippen LogP contribution in [0.15, 0.2) is 78.9 Å². The van der Waals surface area contributed by atoms with Crippen molar-refractivity contribution in [3.05, 3.63) is 101 Å². The van der Waals surface area contributed by atoms with Crippen LogP contribution >= 0.6 is 11.6 Å². The molecule has 0 bridgehead atoms. The Labute approximate surface area is 201 Å². The molecule has 174 valence electrons. The Hall–Kier alpha value is -2.37. The summed E-state index contributed by atoms with van der Waals surface area (Å²) in [5, 5.41) is 13.2. The standard InChI is InChI=1S/C28H32ClNO3/c1-2-33-26-14-10-24(11-15-26)28(31,20-22-6-4-3-5-7-22)27(21-30-16-18-32-19-17-30)23-8-12-25(29)13-9-23/h3-15,27,31H,2,16-21H2,1H3/t27-,28+/m1/s1. The number of morpholine rings is 1. The summed E-state index contributed by atoms with van der Waals surface area (Å²) in [6, 6.07) is 26.0. The Balaban J connectivity index is 1.77. The second-order valence-corrected chi connectivity index (χ2v) is 9.00. The Morgan fingerprint density at radius 2 is 1.64 bits per heavy atom. The minimum Gasteiger partial charge on any atom is -0.494 e. The Morgan fingerprint density at radius 1 is 0.970 bits per heavy atom. The Bertz CT molecular complexity index is 988. The summed E-state index contributed by atoms with van der Waals surface area (Å²) in [6.07, 6.45) is 0.499. The van der Waals surface area contributed by atoms with Crippen molar-refractivity contribution in [2.45, 2.75) is 24.9 Å². The predicted molar refractivity (Wildman–Crippen MR) is 133 cm³/mol. The number of halogens is 1. The van der Waals surface area contributed by atoms with Crippen LogP contribution < -0.4 is 4.74 Å². The number of rotatable bonds is 9. The quantitative estimate of drug-likeness (QED) is 0.466. The molecule has 0 spiro atoms. The number of hydrogen-bond donors (Lipinski definition) is 1. The smallest absolute Gasteiger partial charge is 0.119 e. The number of hydrogen-bond acceptors (Lipinski definition) is 4. The molecule has 0 aliphatic carbocycles. The highest BCUT2D eigenvalue weighted by Gasteiger charge is 2.40. The molecule has 0 aromatic heterocycles. The van der Waals surface area contributed by atoms with Crippen molar-refractivity contribution in [3.8, 4) is 5.75 Å². The van der Waals surface area contributed by atoms with Crippen LogP contribution in [0.5, 0.6) is 5.75 Å². The van der Waals surface area contributed by atoms with Gasteiger partial charge in [-0.1, -0.05) is 66.2 Å². The summed E-state index contributed by atoms with van der Waals surface area (Å²) < 4.78 is 11.2. The van der Waals surface area contributed by atoms with Gasteiger partial charge in [0.2, 0.25) is 0 Å². The fourth-order valence-corrected chi connectivity index (χ4v) is 4.74. The third-order valence-electron chi connectivity index (χ3n) is 6.37. The first-order valence-corrected chi connectivity index (χ1v) is 12.0. The first-order chi connectivity index (χ1) is 16.1. The van der Waals surface area contributed by atoms with E-state index in [2.05, 4.69) is 17.0 Å². The Kier molecular flexibility index (Phi) is 8.05. The van der Waals surface area contributed by atoms with E-state index in [0.717, 1.165) is 42.1 Å². The molecular weight excluding hydrogens is 434 g/mol. The molecule has 3 aromatic rings. The van der Waals surface area contributed by atoms with Gasteiger partial charge in [0.15, 0.2) is 0 Å². The van der Waals surface area contributed by atoms with Crippen LogP contribution in [-0.2, 0) is 16.8 Å². The lowest BCUT2D eigenvalue weighted by atomic mass is 9.73. The summed E-state index contributed by atoms with van der Waals surface area (Å²) in [7, 11) is 0. The topological polar surface area (TPSA) is 41.9 Å². The maximum absolute atomic E-state index is 12.5. The van der Waals surface area contributed by atoms with Crippen molar-refractivity contribution in [1.82, 2.24) is 4.90 Å². The largest absolute Gasteiger partial charge is 0.494 e. The highest BCUT2D eigenvalue weighted by atomic mass is 35.5. The van der Waals surface area contributed by atoms with Gasteiger partial charge in [-0.15, -0.1) is 0 Å². The van der Waals surface area contributed by atoms with Gasteiger partial charge >= 0.3 is 0 Å². The van der Waals surface area contributed by atoms with Crippen LogP contribution in [0.2, 0.25) is 5.02 Å². The molecule has 1 N–H and O–H groups in total.